The lowest BCUT2D eigenvalue weighted by Crippen LogP contribution is -2.11. The first-order valence-corrected chi connectivity index (χ1v) is 9.20. The molecule has 1 amide bonds. The van der Waals surface area contributed by atoms with Gasteiger partial charge in [0.25, 0.3) is 5.91 Å². The summed E-state index contributed by atoms with van der Waals surface area (Å²) < 4.78 is 1.82. The molecule has 0 atom stereocenters. The second kappa shape index (κ2) is 7.02. The van der Waals surface area contributed by atoms with Gasteiger partial charge in [-0.15, -0.1) is 0 Å². The van der Waals surface area contributed by atoms with Crippen molar-refractivity contribution >= 4 is 39.8 Å². The van der Waals surface area contributed by atoms with E-state index in [-0.39, 0.29) is 5.91 Å². The van der Waals surface area contributed by atoms with Gasteiger partial charge in [0.2, 0.25) is 0 Å². The van der Waals surface area contributed by atoms with Crippen LogP contribution in [0.4, 0.5) is 11.4 Å². The normalized spacial score (nSPS) is 11.0. The number of aryl methyl sites for hydroxylation is 2. The highest BCUT2D eigenvalue weighted by atomic mass is 35.5. The van der Waals surface area contributed by atoms with E-state index in [2.05, 4.69) is 10.4 Å². The summed E-state index contributed by atoms with van der Waals surface area (Å²) in [5.41, 5.74) is 11.7. The predicted octanol–water partition coefficient (Wildman–Crippen LogP) is 5.04. The third-order valence-corrected chi connectivity index (χ3v) is 4.97. The Morgan fingerprint density at radius 2 is 1.82 bits per heavy atom. The molecule has 5 nitrogen and oxygen atoms in total. The van der Waals surface area contributed by atoms with Crippen LogP contribution in [-0.4, -0.2) is 15.7 Å². The van der Waals surface area contributed by atoms with Crippen LogP contribution in [0.2, 0.25) is 5.02 Å². The van der Waals surface area contributed by atoms with Crippen LogP contribution in [0, 0.1) is 6.92 Å². The highest BCUT2D eigenvalue weighted by molar-refractivity contribution is 6.30. The van der Waals surface area contributed by atoms with Gasteiger partial charge in [-0.1, -0.05) is 17.7 Å². The lowest BCUT2D eigenvalue weighted by molar-refractivity contribution is 0.102. The second-order valence-electron chi connectivity index (χ2n) is 6.74. The van der Waals surface area contributed by atoms with Crippen LogP contribution in [-0.2, 0) is 7.05 Å². The lowest BCUT2D eigenvalue weighted by atomic mass is 10.0. The molecule has 0 aliphatic rings. The Balaban J connectivity index is 1.75. The number of halogens is 1. The van der Waals surface area contributed by atoms with Crippen LogP contribution >= 0.6 is 11.6 Å². The number of benzene rings is 3. The minimum Gasteiger partial charge on any atom is -0.399 e. The van der Waals surface area contributed by atoms with Crippen molar-refractivity contribution in [3.63, 3.8) is 0 Å². The number of rotatable bonds is 3. The molecular weight excluding hydrogens is 372 g/mol. The first-order chi connectivity index (χ1) is 13.4. The summed E-state index contributed by atoms with van der Waals surface area (Å²) >= 11 is 5.90. The fourth-order valence-corrected chi connectivity index (χ4v) is 3.42. The number of amides is 1. The van der Waals surface area contributed by atoms with Crippen molar-refractivity contribution in [2.45, 2.75) is 6.92 Å². The van der Waals surface area contributed by atoms with Crippen LogP contribution < -0.4 is 11.1 Å². The minimum absolute atomic E-state index is 0.187. The van der Waals surface area contributed by atoms with E-state index in [0.717, 1.165) is 27.7 Å². The summed E-state index contributed by atoms with van der Waals surface area (Å²) in [5.74, 6) is -0.187. The van der Waals surface area contributed by atoms with Crippen LogP contribution in [0.25, 0.3) is 22.2 Å². The largest absolute Gasteiger partial charge is 0.399 e. The van der Waals surface area contributed by atoms with Gasteiger partial charge in [0, 0.05) is 40.0 Å². The van der Waals surface area contributed by atoms with Crippen molar-refractivity contribution in [3.05, 3.63) is 76.8 Å². The number of carbonyl (C=O) groups excluding carboxylic acids is 1. The van der Waals surface area contributed by atoms with Crippen LogP contribution in [0.1, 0.15) is 15.9 Å². The van der Waals surface area contributed by atoms with Crippen LogP contribution in [0.15, 0.2) is 60.7 Å². The van der Waals surface area contributed by atoms with Gasteiger partial charge < -0.3 is 11.1 Å². The maximum Gasteiger partial charge on any atom is 0.255 e. The Kier molecular flexibility index (Phi) is 4.53. The summed E-state index contributed by atoms with van der Waals surface area (Å²) in [5, 5.41) is 9.11. The molecule has 0 unspecified atom stereocenters. The Hall–Kier alpha value is -3.31. The Morgan fingerprint density at radius 3 is 2.54 bits per heavy atom. The third-order valence-electron chi connectivity index (χ3n) is 4.72. The quantitative estimate of drug-likeness (QED) is 0.481. The molecule has 0 aliphatic heterocycles. The molecule has 0 saturated heterocycles. The molecule has 0 fully saturated rings. The number of hydrogen-bond acceptors (Lipinski definition) is 3. The van der Waals surface area contributed by atoms with Crippen LogP contribution in [0.5, 0.6) is 0 Å². The molecule has 0 bridgehead atoms. The average molecular weight is 391 g/mol. The molecule has 0 saturated carbocycles. The Morgan fingerprint density at radius 1 is 1.07 bits per heavy atom. The highest BCUT2D eigenvalue weighted by Crippen LogP contribution is 2.31. The molecule has 28 heavy (non-hydrogen) atoms. The molecule has 3 aromatic carbocycles. The van der Waals surface area contributed by atoms with Gasteiger partial charge in [-0.2, -0.15) is 5.10 Å². The number of nitrogen functional groups attached to an aromatic ring is 1. The fraction of sp³-hybridized carbons (Fsp3) is 0.0909. The van der Waals surface area contributed by atoms with Crippen molar-refractivity contribution in [2.24, 2.45) is 7.05 Å². The fourth-order valence-electron chi connectivity index (χ4n) is 3.29. The zero-order chi connectivity index (χ0) is 19.8. The maximum absolute atomic E-state index is 12.7. The van der Waals surface area contributed by atoms with E-state index in [9.17, 15) is 4.79 Å². The standard InChI is InChI=1S/C22H19ClN4O/c1-13-11-16(24)6-9-18(13)21-19-12-14(3-10-20(19)27(2)26-21)22(28)25-17-7-4-15(23)5-8-17/h3-12H,24H2,1-2H3,(H,25,28). The first-order valence-electron chi connectivity index (χ1n) is 8.82. The van der Waals surface area contributed by atoms with Crippen molar-refractivity contribution in [1.82, 2.24) is 9.78 Å². The van der Waals surface area contributed by atoms with E-state index in [4.69, 9.17) is 17.3 Å². The number of nitrogens with two attached hydrogens (primary N) is 1. The number of nitrogens with one attached hydrogen (secondary N) is 1. The number of carbonyl (C=O) groups is 1. The Bertz CT molecular complexity index is 1200. The number of nitrogens with zero attached hydrogens (tertiary/aromatic N) is 2. The van der Waals surface area contributed by atoms with Gasteiger partial charge in [-0.05, 0) is 67.1 Å². The molecule has 6 heteroatoms. The van der Waals surface area contributed by atoms with Gasteiger partial charge in [0.05, 0.1) is 5.52 Å². The molecule has 1 aromatic heterocycles. The molecule has 3 N–H and O–H groups in total. The van der Waals surface area contributed by atoms with Gasteiger partial charge in [0.1, 0.15) is 5.69 Å². The van der Waals surface area contributed by atoms with E-state index in [1.54, 1.807) is 30.3 Å². The Labute approximate surface area is 167 Å². The second-order valence-corrected chi connectivity index (χ2v) is 7.18. The van der Waals surface area contributed by atoms with Gasteiger partial charge in [-0.3, -0.25) is 9.48 Å². The molecule has 4 aromatic rings. The van der Waals surface area contributed by atoms with E-state index < -0.39 is 0 Å². The first kappa shape index (κ1) is 18.1. The van der Waals surface area contributed by atoms with Gasteiger partial charge in [0.15, 0.2) is 0 Å². The number of aromatic nitrogens is 2. The summed E-state index contributed by atoms with van der Waals surface area (Å²) in [6.45, 7) is 2.00. The smallest absolute Gasteiger partial charge is 0.255 e. The number of anilines is 2. The molecule has 140 valence electrons. The molecule has 0 radical (unpaired) electrons. The van der Waals surface area contributed by atoms with Gasteiger partial charge >= 0.3 is 0 Å². The van der Waals surface area contributed by atoms with E-state index in [0.29, 0.717) is 22.0 Å². The topological polar surface area (TPSA) is 72.9 Å². The van der Waals surface area contributed by atoms with Crippen molar-refractivity contribution in [2.75, 3.05) is 11.1 Å². The zero-order valence-corrected chi connectivity index (χ0v) is 16.3. The number of fused-ring (bicyclic) bond motifs is 1. The molecule has 4 rings (SSSR count). The van der Waals surface area contributed by atoms with Crippen molar-refractivity contribution in [1.29, 1.82) is 0 Å². The predicted molar refractivity (Wildman–Crippen MR) is 115 cm³/mol. The summed E-state index contributed by atoms with van der Waals surface area (Å²) in [6.07, 6.45) is 0. The van der Waals surface area contributed by atoms with E-state index in [1.807, 2.05) is 49.0 Å². The average Bonchev–Trinajstić information content (AvgIpc) is 2.99. The van der Waals surface area contributed by atoms with Gasteiger partial charge in [-0.25, -0.2) is 0 Å². The van der Waals surface area contributed by atoms with E-state index in [1.165, 1.54) is 0 Å². The summed E-state index contributed by atoms with van der Waals surface area (Å²) in [6, 6.07) is 18.4. The molecule has 0 aliphatic carbocycles. The molecule has 0 spiro atoms. The maximum atomic E-state index is 12.7. The zero-order valence-electron chi connectivity index (χ0n) is 15.5. The van der Waals surface area contributed by atoms with E-state index >= 15 is 0 Å². The minimum atomic E-state index is -0.187. The third kappa shape index (κ3) is 3.32. The molecular formula is C22H19ClN4O. The number of hydrogen-bond donors (Lipinski definition) is 2. The molecule has 1 heterocycles. The van der Waals surface area contributed by atoms with Crippen molar-refractivity contribution < 1.29 is 4.79 Å². The summed E-state index contributed by atoms with van der Waals surface area (Å²) in [7, 11) is 1.89. The van der Waals surface area contributed by atoms with Crippen molar-refractivity contribution in [3.8, 4) is 11.3 Å². The van der Waals surface area contributed by atoms with Crippen LogP contribution in [0.3, 0.4) is 0 Å². The summed E-state index contributed by atoms with van der Waals surface area (Å²) in [4.78, 5) is 12.7. The lowest BCUT2D eigenvalue weighted by Gasteiger charge is -2.07. The highest BCUT2D eigenvalue weighted by Gasteiger charge is 2.15. The monoisotopic (exact) mass is 390 g/mol. The SMILES string of the molecule is Cc1cc(N)ccc1-c1nn(C)c2ccc(C(=O)Nc3ccc(Cl)cc3)cc12.